The molecule has 1 aliphatic carbocycles. The molecule has 0 amide bonds. The van der Waals surface area contributed by atoms with Crippen LogP contribution in [0.1, 0.15) is 6.42 Å². The normalized spacial score (nSPS) is 27.7. The van der Waals surface area contributed by atoms with E-state index in [1.54, 1.807) is 0 Å². The van der Waals surface area contributed by atoms with Crippen molar-refractivity contribution in [1.82, 2.24) is 0 Å². The summed E-state index contributed by atoms with van der Waals surface area (Å²) in [4.78, 5) is 24.1. The van der Waals surface area contributed by atoms with E-state index >= 15 is 0 Å². The van der Waals surface area contributed by atoms with Crippen LogP contribution in [0.5, 0.6) is 0 Å². The first-order chi connectivity index (χ1) is 5.11. The van der Waals surface area contributed by atoms with Crippen molar-refractivity contribution < 1.29 is 14.7 Å². The third-order valence-electron chi connectivity index (χ3n) is 1.61. The first-order valence-electron chi connectivity index (χ1n) is 3.08. The Hall–Kier alpha value is -0.840. The van der Waals surface area contributed by atoms with Crippen LogP contribution in [0, 0.1) is 22.0 Å². The van der Waals surface area contributed by atoms with Crippen LogP contribution >= 0.6 is 11.6 Å². The molecule has 2 unspecified atom stereocenters. The van der Waals surface area contributed by atoms with Crippen molar-refractivity contribution in [3.05, 3.63) is 10.1 Å². The number of rotatable bonds is 4. The van der Waals surface area contributed by atoms with Crippen LogP contribution in [-0.2, 0) is 9.63 Å². The highest BCUT2D eigenvalue weighted by molar-refractivity contribution is 6.64. The highest BCUT2D eigenvalue weighted by Gasteiger charge is 2.42. The fraction of sp³-hybridized carbons (Fsp3) is 0.800. The third kappa shape index (κ3) is 2.34. The topological polar surface area (TPSA) is 69.4 Å². The second-order valence-electron chi connectivity index (χ2n) is 2.43. The van der Waals surface area contributed by atoms with E-state index in [0.717, 1.165) is 0 Å². The zero-order valence-corrected chi connectivity index (χ0v) is 6.28. The van der Waals surface area contributed by atoms with Gasteiger partial charge in [-0.3, -0.25) is 4.79 Å². The third-order valence-corrected chi connectivity index (χ3v) is 1.89. The monoisotopic (exact) mass is 179 g/mol. The van der Waals surface area contributed by atoms with Crippen molar-refractivity contribution in [3.63, 3.8) is 0 Å². The highest BCUT2D eigenvalue weighted by atomic mass is 35.5. The first-order valence-corrected chi connectivity index (χ1v) is 3.45. The van der Waals surface area contributed by atoms with Gasteiger partial charge >= 0.3 is 0 Å². The predicted molar refractivity (Wildman–Crippen MR) is 35.4 cm³/mol. The van der Waals surface area contributed by atoms with Crippen LogP contribution in [0.3, 0.4) is 0 Å². The Bertz CT molecular complexity index is 195. The molecule has 0 heterocycles. The lowest BCUT2D eigenvalue weighted by molar-refractivity contribution is -0.758. The lowest BCUT2D eigenvalue weighted by Crippen LogP contribution is -2.05. The Kier molecular flexibility index (Phi) is 2.28. The summed E-state index contributed by atoms with van der Waals surface area (Å²) in [6.07, 6.45) is 0.607. The summed E-state index contributed by atoms with van der Waals surface area (Å²) in [6, 6.07) is 0. The minimum atomic E-state index is -0.867. The summed E-state index contributed by atoms with van der Waals surface area (Å²) in [5, 5.41) is 8.38. The molecule has 6 heteroatoms. The van der Waals surface area contributed by atoms with E-state index in [0.29, 0.717) is 6.42 Å². The van der Waals surface area contributed by atoms with E-state index in [2.05, 4.69) is 4.84 Å². The molecule has 0 bridgehead atoms. The summed E-state index contributed by atoms with van der Waals surface area (Å²) in [5.74, 6) is -0.276. The molecule has 5 nitrogen and oxygen atoms in total. The summed E-state index contributed by atoms with van der Waals surface area (Å²) in [5.41, 5.74) is 0. The van der Waals surface area contributed by atoms with Crippen molar-refractivity contribution in [2.75, 3.05) is 6.61 Å². The SMILES string of the molecule is O=C(Cl)C1CC1CO[N+](=O)[O-]. The number of nitrogens with zero attached hydrogens (tertiary/aromatic N) is 1. The van der Waals surface area contributed by atoms with E-state index in [1.165, 1.54) is 0 Å². The number of hydrogen-bond donors (Lipinski definition) is 0. The van der Waals surface area contributed by atoms with E-state index in [9.17, 15) is 14.9 Å². The van der Waals surface area contributed by atoms with Crippen molar-refractivity contribution in [2.45, 2.75) is 6.42 Å². The van der Waals surface area contributed by atoms with Crippen LogP contribution in [0.15, 0.2) is 0 Å². The number of carbonyl (C=O) groups is 1. The first kappa shape index (κ1) is 8.26. The predicted octanol–water partition coefficient (Wildman–Crippen LogP) is 0.596. The zero-order valence-electron chi connectivity index (χ0n) is 5.53. The molecule has 0 spiro atoms. The Morgan fingerprint density at radius 2 is 2.45 bits per heavy atom. The van der Waals surface area contributed by atoms with Crippen LogP contribution in [-0.4, -0.2) is 16.9 Å². The van der Waals surface area contributed by atoms with Gasteiger partial charge in [0, 0.05) is 5.92 Å². The fourth-order valence-electron chi connectivity index (χ4n) is 0.866. The lowest BCUT2D eigenvalue weighted by Gasteiger charge is -1.93. The molecule has 1 aliphatic rings. The van der Waals surface area contributed by atoms with Crippen LogP contribution < -0.4 is 0 Å². The van der Waals surface area contributed by atoms with E-state index < -0.39 is 10.3 Å². The summed E-state index contributed by atoms with van der Waals surface area (Å²) >= 11 is 5.12. The molecule has 0 aromatic carbocycles. The minimum absolute atomic E-state index is 0.0177. The van der Waals surface area contributed by atoms with Crippen LogP contribution in [0.2, 0.25) is 0 Å². The fourth-order valence-corrected chi connectivity index (χ4v) is 1.13. The summed E-state index contributed by atoms with van der Waals surface area (Å²) < 4.78 is 0. The molecule has 11 heavy (non-hydrogen) atoms. The van der Waals surface area contributed by atoms with Gasteiger partial charge in [0.1, 0.15) is 6.61 Å². The van der Waals surface area contributed by atoms with E-state index in [1.807, 2.05) is 0 Å². The molecule has 0 aliphatic heterocycles. The zero-order chi connectivity index (χ0) is 8.43. The Morgan fingerprint density at radius 1 is 1.82 bits per heavy atom. The Labute approximate surface area is 67.4 Å². The average Bonchev–Trinajstić information content (AvgIpc) is 2.61. The Balaban J connectivity index is 2.14. The van der Waals surface area contributed by atoms with Gasteiger partial charge < -0.3 is 4.84 Å². The van der Waals surface area contributed by atoms with Crippen molar-refractivity contribution in [2.24, 2.45) is 11.8 Å². The van der Waals surface area contributed by atoms with Crippen LogP contribution in [0.4, 0.5) is 0 Å². The maximum Gasteiger partial charge on any atom is 0.294 e. The van der Waals surface area contributed by atoms with E-state index in [-0.39, 0.29) is 18.4 Å². The Morgan fingerprint density at radius 3 is 2.82 bits per heavy atom. The van der Waals surface area contributed by atoms with Gasteiger partial charge in [-0.05, 0) is 23.9 Å². The largest absolute Gasteiger partial charge is 0.314 e. The minimum Gasteiger partial charge on any atom is -0.314 e. The number of hydrogen-bond acceptors (Lipinski definition) is 4. The second kappa shape index (κ2) is 3.04. The molecule has 1 saturated carbocycles. The maximum absolute atomic E-state index is 10.4. The quantitative estimate of drug-likeness (QED) is 0.360. The molecule has 2 atom stereocenters. The molecule has 0 radical (unpaired) electrons. The van der Waals surface area contributed by atoms with E-state index in [4.69, 9.17) is 11.6 Å². The molecule has 62 valence electrons. The van der Waals surface area contributed by atoms with Gasteiger partial charge in [-0.2, -0.15) is 0 Å². The van der Waals surface area contributed by atoms with Gasteiger partial charge in [-0.25, -0.2) is 0 Å². The van der Waals surface area contributed by atoms with Gasteiger partial charge in [0.2, 0.25) is 5.24 Å². The molecular formula is C5H6ClNO4. The van der Waals surface area contributed by atoms with Crippen molar-refractivity contribution in [3.8, 4) is 0 Å². The average molecular weight is 180 g/mol. The second-order valence-corrected chi connectivity index (χ2v) is 2.80. The van der Waals surface area contributed by atoms with Gasteiger partial charge in [0.25, 0.3) is 5.09 Å². The summed E-state index contributed by atoms with van der Waals surface area (Å²) in [7, 11) is 0. The van der Waals surface area contributed by atoms with Crippen molar-refractivity contribution in [1.29, 1.82) is 0 Å². The smallest absolute Gasteiger partial charge is 0.294 e. The number of halogens is 1. The van der Waals surface area contributed by atoms with Crippen molar-refractivity contribution >= 4 is 16.8 Å². The number of carbonyl (C=O) groups excluding carboxylic acids is 1. The molecule has 0 aromatic rings. The van der Waals surface area contributed by atoms with Gasteiger partial charge in [-0.1, -0.05) is 0 Å². The molecule has 0 aromatic heterocycles. The lowest BCUT2D eigenvalue weighted by atomic mass is 10.3. The van der Waals surface area contributed by atoms with Gasteiger partial charge in [0.15, 0.2) is 0 Å². The molecule has 1 fully saturated rings. The molecule has 0 N–H and O–H groups in total. The standard InChI is InChI=1S/C5H6ClNO4/c6-5(8)4-1-3(4)2-11-7(9)10/h3-4H,1-2H2. The maximum atomic E-state index is 10.4. The van der Waals surface area contributed by atoms with Gasteiger partial charge in [0.05, 0.1) is 0 Å². The summed E-state index contributed by atoms with van der Waals surface area (Å²) in [6.45, 7) is -0.0177. The molecular weight excluding hydrogens is 174 g/mol. The molecule has 0 saturated heterocycles. The van der Waals surface area contributed by atoms with Crippen LogP contribution in [0.25, 0.3) is 0 Å². The molecule has 1 rings (SSSR count). The highest BCUT2D eigenvalue weighted by Crippen LogP contribution is 2.40. The van der Waals surface area contributed by atoms with Gasteiger partial charge in [-0.15, -0.1) is 10.1 Å².